The molecule has 2 rings (SSSR count). The van der Waals surface area contributed by atoms with Crippen molar-refractivity contribution in [2.24, 2.45) is 0 Å². The summed E-state index contributed by atoms with van der Waals surface area (Å²) >= 11 is 1.00. The highest BCUT2D eigenvalue weighted by Crippen LogP contribution is 2.34. The van der Waals surface area contributed by atoms with Gasteiger partial charge in [-0.1, -0.05) is 24.2 Å². The molecular formula is C20H21F3N2O3S. The smallest absolute Gasteiger partial charge is 0.416 e. The normalized spacial score (nSPS) is 11.2. The first-order chi connectivity index (χ1) is 13.8. The van der Waals surface area contributed by atoms with Crippen LogP contribution in [0.2, 0.25) is 0 Å². The Morgan fingerprint density at radius 3 is 2.66 bits per heavy atom. The van der Waals surface area contributed by atoms with Crippen LogP contribution >= 0.6 is 11.8 Å². The molecule has 1 amide bonds. The molecule has 1 aromatic carbocycles. The number of aromatic nitrogens is 1. The fourth-order valence-corrected chi connectivity index (χ4v) is 3.40. The molecule has 0 radical (unpaired) electrons. The van der Waals surface area contributed by atoms with E-state index in [-0.39, 0.29) is 11.9 Å². The number of hydrogen-bond donors (Lipinski definition) is 1. The van der Waals surface area contributed by atoms with Crippen molar-refractivity contribution in [2.45, 2.75) is 41.8 Å². The summed E-state index contributed by atoms with van der Waals surface area (Å²) < 4.78 is 43.2. The molecule has 0 bridgehead atoms. The Hall–Kier alpha value is -2.55. The minimum absolute atomic E-state index is 0.263. The predicted molar refractivity (Wildman–Crippen MR) is 103 cm³/mol. The minimum Gasteiger partial charge on any atom is -0.469 e. The Labute approximate surface area is 171 Å². The number of rotatable bonds is 9. The number of ether oxygens (including phenoxy) is 1. The lowest BCUT2D eigenvalue weighted by atomic mass is 10.2. The van der Waals surface area contributed by atoms with Gasteiger partial charge in [-0.3, -0.25) is 9.59 Å². The average Bonchev–Trinajstić information content (AvgIpc) is 2.70. The molecule has 5 nitrogen and oxygen atoms in total. The second-order valence-corrected chi connectivity index (χ2v) is 7.19. The molecule has 0 saturated carbocycles. The van der Waals surface area contributed by atoms with Gasteiger partial charge < -0.3 is 10.1 Å². The maximum atomic E-state index is 12.9. The van der Waals surface area contributed by atoms with E-state index in [0.29, 0.717) is 41.3 Å². The number of benzene rings is 1. The van der Waals surface area contributed by atoms with Crippen LogP contribution in [0, 0.1) is 0 Å². The fourth-order valence-electron chi connectivity index (χ4n) is 2.46. The number of nitrogens with zero attached hydrogens (tertiary/aromatic N) is 1. The Balaban J connectivity index is 1.94. The van der Waals surface area contributed by atoms with Crippen molar-refractivity contribution in [1.29, 1.82) is 0 Å². The number of carbonyl (C=O) groups excluding carboxylic acids is 2. The zero-order valence-electron chi connectivity index (χ0n) is 15.8. The van der Waals surface area contributed by atoms with Gasteiger partial charge in [0.05, 0.1) is 18.2 Å². The highest BCUT2D eigenvalue weighted by atomic mass is 32.2. The third-order valence-electron chi connectivity index (χ3n) is 3.96. The van der Waals surface area contributed by atoms with E-state index in [9.17, 15) is 22.8 Å². The summed E-state index contributed by atoms with van der Waals surface area (Å²) in [6.07, 6.45) is -0.488. The first-order valence-corrected chi connectivity index (χ1v) is 9.78. The van der Waals surface area contributed by atoms with E-state index in [0.717, 1.165) is 30.3 Å². The van der Waals surface area contributed by atoms with Crippen LogP contribution in [-0.2, 0) is 15.7 Å². The lowest BCUT2D eigenvalue weighted by molar-refractivity contribution is -0.140. The summed E-state index contributed by atoms with van der Waals surface area (Å²) in [6, 6.07) is 8.06. The van der Waals surface area contributed by atoms with Gasteiger partial charge in [-0.25, -0.2) is 4.98 Å². The molecule has 0 saturated heterocycles. The molecule has 1 heterocycles. The zero-order valence-corrected chi connectivity index (χ0v) is 16.6. The number of pyridine rings is 1. The molecule has 0 aliphatic carbocycles. The number of carbonyl (C=O) groups is 2. The van der Waals surface area contributed by atoms with Crippen molar-refractivity contribution in [2.75, 3.05) is 13.7 Å². The highest BCUT2D eigenvalue weighted by molar-refractivity contribution is 7.99. The first kappa shape index (κ1) is 22.7. The van der Waals surface area contributed by atoms with Gasteiger partial charge in [0.15, 0.2) is 0 Å². The summed E-state index contributed by atoms with van der Waals surface area (Å²) in [4.78, 5) is 28.0. The average molecular weight is 426 g/mol. The number of nitrogens with one attached hydrogen (secondary N) is 1. The third-order valence-corrected chi connectivity index (χ3v) is 4.97. The van der Waals surface area contributed by atoms with Crippen LogP contribution in [0.3, 0.4) is 0 Å². The summed E-state index contributed by atoms with van der Waals surface area (Å²) in [7, 11) is 1.34. The number of unbranched alkanes of at least 4 members (excludes halogenated alkanes) is 2. The maximum absolute atomic E-state index is 12.9. The lowest BCUT2D eigenvalue weighted by Crippen LogP contribution is -2.25. The van der Waals surface area contributed by atoms with E-state index in [4.69, 9.17) is 0 Å². The van der Waals surface area contributed by atoms with Crippen LogP contribution in [0.25, 0.3) is 0 Å². The molecule has 0 aliphatic heterocycles. The number of methoxy groups -OCH3 is 1. The van der Waals surface area contributed by atoms with Crippen LogP contribution in [0.4, 0.5) is 13.2 Å². The molecular weight excluding hydrogens is 405 g/mol. The van der Waals surface area contributed by atoms with Gasteiger partial charge in [0, 0.05) is 24.1 Å². The molecule has 9 heteroatoms. The number of alkyl halides is 3. The van der Waals surface area contributed by atoms with Gasteiger partial charge in [-0.05, 0) is 43.2 Å². The van der Waals surface area contributed by atoms with Crippen LogP contribution in [-0.4, -0.2) is 30.5 Å². The topological polar surface area (TPSA) is 68.3 Å². The van der Waals surface area contributed by atoms with E-state index in [2.05, 4.69) is 15.0 Å². The van der Waals surface area contributed by atoms with Crippen LogP contribution in [0.5, 0.6) is 0 Å². The van der Waals surface area contributed by atoms with Crippen LogP contribution < -0.4 is 5.32 Å². The van der Waals surface area contributed by atoms with Crippen molar-refractivity contribution in [1.82, 2.24) is 10.3 Å². The van der Waals surface area contributed by atoms with Crippen molar-refractivity contribution >= 4 is 23.6 Å². The molecule has 1 N–H and O–H groups in total. The minimum atomic E-state index is -4.44. The zero-order chi connectivity index (χ0) is 21.3. The van der Waals surface area contributed by atoms with Crippen molar-refractivity contribution in [3.8, 4) is 0 Å². The standard InChI is InChI=1S/C20H21F3N2O3S/c1-28-17(26)10-3-2-4-11-24-18(27)16-9-6-12-25-19(16)29-15-8-5-7-14(13-15)20(21,22)23/h5-9,12-13H,2-4,10-11H2,1H3,(H,24,27). The van der Waals surface area contributed by atoms with E-state index in [1.807, 2.05) is 0 Å². The molecule has 29 heavy (non-hydrogen) atoms. The monoisotopic (exact) mass is 426 g/mol. The largest absolute Gasteiger partial charge is 0.469 e. The molecule has 0 spiro atoms. The number of amides is 1. The summed E-state index contributed by atoms with van der Waals surface area (Å²) in [5.41, 5.74) is -0.458. The third kappa shape index (κ3) is 7.41. The highest BCUT2D eigenvalue weighted by Gasteiger charge is 2.30. The van der Waals surface area contributed by atoms with Crippen molar-refractivity contribution < 1.29 is 27.5 Å². The van der Waals surface area contributed by atoms with Gasteiger partial charge in [0.25, 0.3) is 5.91 Å². The second-order valence-electron chi connectivity index (χ2n) is 6.13. The molecule has 156 valence electrons. The maximum Gasteiger partial charge on any atom is 0.416 e. The molecule has 0 fully saturated rings. The quantitative estimate of drug-likeness (QED) is 0.464. The SMILES string of the molecule is COC(=O)CCCCCNC(=O)c1cccnc1Sc1cccc(C(F)(F)F)c1. The second kappa shape index (κ2) is 10.8. The summed E-state index contributed by atoms with van der Waals surface area (Å²) in [5, 5.41) is 3.10. The van der Waals surface area contributed by atoms with Gasteiger partial charge in [-0.2, -0.15) is 13.2 Å². The van der Waals surface area contributed by atoms with Crippen LogP contribution in [0.1, 0.15) is 41.6 Å². The van der Waals surface area contributed by atoms with Crippen LogP contribution in [0.15, 0.2) is 52.5 Å². The Morgan fingerprint density at radius 2 is 1.93 bits per heavy atom. The predicted octanol–water partition coefficient (Wildman–Crippen LogP) is 4.71. The lowest BCUT2D eigenvalue weighted by Gasteiger charge is -2.11. The van der Waals surface area contributed by atoms with Gasteiger partial charge in [0.2, 0.25) is 0 Å². The first-order valence-electron chi connectivity index (χ1n) is 8.96. The van der Waals surface area contributed by atoms with E-state index < -0.39 is 11.7 Å². The van der Waals surface area contributed by atoms with E-state index >= 15 is 0 Å². The summed E-state index contributed by atoms with van der Waals surface area (Å²) in [5.74, 6) is -0.610. The Kier molecular flexibility index (Phi) is 8.50. The van der Waals surface area contributed by atoms with Gasteiger partial charge in [0.1, 0.15) is 5.03 Å². The van der Waals surface area contributed by atoms with Crippen molar-refractivity contribution in [3.05, 3.63) is 53.7 Å². The molecule has 0 atom stereocenters. The molecule has 0 unspecified atom stereocenters. The summed E-state index contributed by atoms with van der Waals surface area (Å²) in [6.45, 7) is 0.419. The molecule has 1 aromatic heterocycles. The molecule has 0 aliphatic rings. The fraction of sp³-hybridized carbons (Fsp3) is 0.350. The number of esters is 1. The van der Waals surface area contributed by atoms with Gasteiger partial charge >= 0.3 is 12.1 Å². The number of hydrogen-bond acceptors (Lipinski definition) is 5. The molecule has 2 aromatic rings. The Bertz CT molecular complexity index is 844. The van der Waals surface area contributed by atoms with Gasteiger partial charge in [-0.15, -0.1) is 0 Å². The number of halogens is 3. The Morgan fingerprint density at radius 1 is 1.14 bits per heavy atom. The van der Waals surface area contributed by atoms with E-state index in [1.165, 1.54) is 25.4 Å². The van der Waals surface area contributed by atoms with E-state index in [1.54, 1.807) is 12.1 Å². The van der Waals surface area contributed by atoms with Crippen molar-refractivity contribution in [3.63, 3.8) is 0 Å².